The van der Waals surface area contributed by atoms with Crippen LogP contribution in [0.1, 0.15) is 25.5 Å². The second-order valence-electron chi connectivity index (χ2n) is 4.42. The van der Waals surface area contributed by atoms with E-state index in [1.54, 1.807) is 0 Å². The SMILES string of the molecule is CCN(CC)CCNC(C(=O)O)c1cc(F)ccc1Br. The molecule has 1 atom stereocenters. The number of nitrogens with one attached hydrogen (secondary N) is 1. The van der Waals surface area contributed by atoms with E-state index < -0.39 is 17.8 Å². The predicted molar refractivity (Wildman–Crippen MR) is 80.3 cm³/mol. The molecule has 0 saturated heterocycles. The van der Waals surface area contributed by atoms with Gasteiger partial charge in [0.15, 0.2) is 0 Å². The summed E-state index contributed by atoms with van der Waals surface area (Å²) in [6.07, 6.45) is 0. The number of hydrogen-bond donors (Lipinski definition) is 2. The molecule has 0 saturated carbocycles. The summed E-state index contributed by atoms with van der Waals surface area (Å²) >= 11 is 3.27. The van der Waals surface area contributed by atoms with Crippen molar-refractivity contribution >= 4 is 21.9 Å². The van der Waals surface area contributed by atoms with Crippen LogP contribution < -0.4 is 5.32 Å². The molecule has 1 rings (SSSR count). The Morgan fingerprint density at radius 1 is 1.45 bits per heavy atom. The fourth-order valence-corrected chi connectivity index (χ4v) is 2.45. The minimum atomic E-state index is -1.02. The van der Waals surface area contributed by atoms with Gasteiger partial charge in [0, 0.05) is 17.6 Å². The zero-order valence-corrected chi connectivity index (χ0v) is 13.3. The van der Waals surface area contributed by atoms with Crippen molar-refractivity contribution in [2.75, 3.05) is 26.2 Å². The maximum atomic E-state index is 13.3. The average Bonchev–Trinajstić information content (AvgIpc) is 2.42. The van der Waals surface area contributed by atoms with E-state index in [1.165, 1.54) is 18.2 Å². The van der Waals surface area contributed by atoms with Gasteiger partial charge in [-0.05, 0) is 36.9 Å². The Bertz CT molecular complexity index is 453. The number of carboxylic acids is 1. The lowest BCUT2D eigenvalue weighted by Gasteiger charge is -2.21. The van der Waals surface area contributed by atoms with E-state index in [4.69, 9.17) is 0 Å². The lowest BCUT2D eigenvalue weighted by Crippen LogP contribution is -2.36. The van der Waals surface area contributed by atoms with Crippen LogP contribution in [-0.2, 0) is 4.79 Å². The maximum absolute atomic E-state index is 13.3. The Kier molecular flexibility index (Phi) is 7.12. The first-order valence-electron chi connectivity index (χ1n) is 6.63. The quantitative estimate of drug-likeness (QED) is 0.759. The summed E-state index contributed by atoms with van der Waals surface area (Å²) in [5.41, 5.74) is 0.400. The fraction of sp³-hybridized carbons (Fsp3) is 0.500. The van der Waals surface area contributed by atoms with E-state index in [2.05, 4.69) is 40.0 Å². The van der Waals surface area contributed by atoms with Gasteiger partial charge in [-0.25, -0.2) is 4.39 Å². The van der Waals surface area contributed by atoms with Gasteiger partial charge in [0.05, 0.1) is 0 Å². The van der Waals surface area contributed by atoms with Crippen LogP contribution in [0.25, 0.3) is 0 Å². The molecule has 0 fully saturated rings. The Morgan fingerprint density at radius 3 is 2.65 bits per heavy atom. The molecule has 1 aromatic rings. The number of nitrogens with zero attached hydrogens (tertiary/aromatic N) is 1. The van der Waals surface area contributed by atoms with Crippen LogP contribution in [0.5, 0.6) is 0 Å². The second kappa shape index (κ2) is 8.34. The number of carboxylic acid groups (broad SMARTS) is 1. The summed E-state index contributed by atoms with van der Waals surface area (Å²) in [5.74, 6) is -1.46. The highest BCUT2D eigenvalue weighted by atomic mass is 79.9. The molecular weight excluding hydrogens is 327 g/mol. The first-order chi connectivity index (χ1) is 9.49. The Hall–Kier alpha value is -0.980. The van der Waals surface area contributed by atoms with Gasteiger partial charge < -0.3 is 10.0 Å². The molecule has 6 heteroatoms. The number of halogens is 2. The van der Waals surface area contributed by atoms with Gasteiger partial charge in [0.25, 0.3) is 0 Å². The number of aliphatic carboxylic acids is 1. The van der Waals surface area contributed by atoms with E-state index in [0.29, 0.717) is 16.6 Å². The standard InChI is InChI=1S/C14H20BrFN2O2/c1-3-18(4-2)8-7-17-13(14(19)20)11-9-10(16)5-6-12(11)15/h5-6,9,13,17H,3-4,7-8H2,1-2H3,(H,19,20). The Morgan fingerprint density at radius 2 is 2.10 bits per heavy atom. The van der Waals surface area contributed by atoms with Gasteiger partial charge in [0.2, 0.25) is 0 Å². The first-order valence-corrected chi connectivity index (χ1v) is 7.42. The largest absolute Gasteiger partial charge is 0.480 e. The number of benzene rings is 1. The summed E-state index contributed by atoms with van der Waals surface area (Å²) in [6, 6.07) is 3.14. The summed E-state index contributed by atoms with van der Waals surface area (Å²) < 4.78 is 13.9. The highest BCUT2D eigenvalue weighted by molar-refractivity contribution is 9.10. The molecule has 0 heterocycles. The molecule has 0 spiro atoms. The minimum Gasteiger partial charge on any atom is -0.480 e. The van der Waals surface area contributed by atoms with Gasteiger partial charge in [-0.1, -0.05) is 29.8 Å². The van der Waals surface area contributed by atoms with Crippen LogP contribution in [0, 0.1) is 5.82 Å². The maximum Gasteiger partial charge on any atom is 0.325 e. The third-order valence-corrected chi connectivity index (χ3v) is 3.91. The van der Waals surface area contributed by atoms with Crippen molar-refractivity contribution in [2.24, 2.45) is 0 Å². The number of rotatable bonds is 8. The number of hydrogen-bond acceptors (Lipinski definition) is 3. The normalized spacial score (nSPS) is 12.7. The molecule has 0 bridgehead atoms. The van der Waals surface area contributed by atoms with E-state index in [-0.39, 0.29) is 0 Å². The van der Waals surface area contributed by atoms with Crippen LogP contribution in [0.2, 0.25) is 0 Å². The van der Waals surface area contributed by atoms with E-state index in [0.717, 1.165) is 19.6 Å². The van der Waals surface area contributed by atoms with Crippen molar-refractivity contribution in [1.82, 2.24) is 10.2 Å². The first kappa shape index (κ1) is 17.1. The number of likely N-dealkylation sites (N-methyl/N-ethyl adjacent to an activating group) is 1. The molecule has 4 nitrogen and oxygen atoms in total. The van der Waals surface area contributed by atoms with Crippen LogP contribution in [0.15, 0.2) is 22.7 Å². The minimum absolute atomic E-state index is 0.400. The van der Waals surface area contributed by atoms with Gasteiger partial charge in [-0.2, -0.15) is 0 Å². The zero-order valence-electron chi connectivity index (χ0n) is 11.7. The predicted octanol–water partition coefficient (Wildman–Crippen LogP) is 2.65. The topological polar surface area (TPSA) is 52.6 Å². The fourth-order valence-electron chi connectivity index (χ4n) is 1.97. The van der Waals surface area contributed by atoms with Gasteiger partial charge in [0.1, 0.15) is 11.9 Å². The van der Waals surface area contributed by atoms with Crippen LogP contribution in [0.4, 0.5) is 4.39 Å². The summed E-state index contributed by atoms with van der Waals surface area (Å²) in [5, 5.41) is 12.3. The molecular formula is C14H20BrFN2O2. The van der Waals surface area contributed by atoms with E-state index in [1.807, 2.05) is 0 Å². The van der Waals surface area contributed by atoms with E-state index >= 15 is 0 Å². The molecule has 20 heavy (non-hydrogen) atoms. The van der Waals surface area contributed by atoms with Crippen LogP contribution >= 0.6 is 15.9 Å². The second-order valence-corrected chi connectivity index (χ2v) is 5.27. The third-order valence-electron chi connectivity index (χ3n) is 3.19. The Balaban J connectivity index is 2.75. The third kappa shape index (κ3) is 4.85. The molecule has 112 valence electrons. The molecule has 0 aromatic heterocycles. The van der Waals surface area contributed by atoms with Crippen LogP contribution in [-0.4, -0.2) is 42.2 Å². The smallest absolute Gasteiger partial charge is 0.325 e. The monoisotopic (exact) mass is 346 g/mol. The summed E-state index contributed by atoms with van der Waals surface area (Å²) in [7, 11) is 0. The van der Waals surface area contributed by atoms with Crippen molar-refractivity contribution < 1.29 is 14.3 Å². The Labute approximate surface area is 127 Å². The molecule has 0 amide bonds. The van der Waals surface area contributed by atoms with E-state index in [9.17, 15) is 14.3 Å². The average molecular weight is 347 g/mol. The molecule has 0 aliphatic rings. The number of carbonyl (C=O) groups is 1. The molecule has 2 N–H and O–H groups in total. The van der Waals surface area contributed by atoms with Gasteiger partial charge >= 0.3 is 5.97 Å². The highest BCUT2D eigenvalue weighted by Crippen LogP contribution is 2.24. The molecule has 1 unspecified atom stereocenters. The highest BCUT2D eigenvalue weighted by Gasteiger charge is 2.22. The van der Waals surface area contributed by atoms with Crippen molar-refractivity contribution in [2.45, 2.75) is 19.9 Å². The van der Waals surface area contributed by atoms with Gasteiger partial charge in [-0.15, -0.1) is 0 Å². The molecule has 0 aliphatic carbocycles. The molecule has 1 aromatic carbocycles. The molecule has 0 aliphatic heterocycles. The summed E-state index contributed by atoms with van der Waals surface area (Å²) in [4.78, 5) is 13.5. The van der Waals surface area contributed by atoms with Gasteiger partial charge in [-0.3, -0.25) is 10.1 Å². The lowest BCUT2D eigenvalue weighted by molar-refractivity contribution is -0.139. The van der Waals surface area contributed by atoms with Crippen LogP contribution in [0.3, 0.4) is 0 Å². The van der Waals surface area contributed by atoms with Crippen molar-refractivity contribution in [3.63, 3.8) is 0 Å². The zero-order chi connectivity index (χ0) is 15.1. The lowest BCUT2D eigenvalue weighted by atomic mass is 10.1. The molecule has 0 radical (unpaired) electrons. The van der Waals surface area contributed by atoms with Crippen molar-refractivity contribution in [1.29, 1.82) is 0 Å². The van der Waals surface area contributed by atoms with Crippen molar-refractivity contribution in [3.8, 4) is 0 Å². The van der Waals surface area contributed by atoms with Crippen molar-refractivity contribution in [3.05, 3.63) is 34.1 Å². The summed E-state index contributed by atoms with van der Waals surface area (Å²) in [6.45, 7) is 7.23.